The zero-order valence-electron chi connectivity index (χ0n) is 10.1. The number of anilines is 1. The van der Waals surface area contributed by atoms with Crippen LogP contribution in [0.1, 0.15) is 16.4 Å². The van der Waals surface area contributed by atoms with Crippen molar-refractivity contribution >= 4 is 11.6 Å². The van der Waals surface area contributed by atoms with Crippen LogP contribution in [-0.4, -0.2) is 27.4 Å². The number of nitrogens with one attached hydrogen (secondary N) is 2. The van der Waals surface area contributed by atoms with Crippen LogP contribution in [0.3, 0.4) is 0 Å². The van der Waals surface area contributed by atoms with Gasteiger partial charge in [-0.1, -0.05) is 0 Å². The fourth-order valence-corrected chi connectivity index (χ4v) is 1.66. The largest absolute Gasteiger partial charge is 0.586 e. The highest BCUT2D eigenvalue weighted by Gasteiger charge is 2.43. The molecule has 0 saturated heterocycles. The van der Waals surface area contributed by atoms with Gasteiger partial charge < -0.3 is 14.8 Å². The summed E-state index contributed by atoms with van der Waals surface area (Å²) in [7, 11) is 0. The number of aryl methyl sites for hydroxylation is 1. The molecule has 7 nitrogen and oxygen atoms in total. The van der Waals surface area contributed by atoms with Gasteiger partial charge in [0.2, 0.25) is 5.82 Å². The Bertz CT molecular complexity index is 686. The molecule has 2 heterocycles. The van der Waals surface area contributed by atoms with Gasteiger partial charge in [0.05, 0.1) is 0 Å². The molecule has 1 aromatic heterocycles. The van der Waals surface area contributed by atoms with Crippen molar-refractivity contribution in [3.05, 3.63) is 29.8 Å². The van der Waals surface area contributed by atoms with E-state index < -0.39 is 12.2 Å². The average Bonchev–Trinajstić information content (AvgIpc) is 2.90. The minimum absolute atomic E-state index is 0.0505. The number of amides is 1. The number of aromatic nitrogens is 3. The van der Waals surface area contributed by atoms with Crippen molar-refractivity contribution in [1.29, 1.82) is 0 Å². The highest BCUT2D eigenvalue weighted by Crippen LogP contribution is 2.42. The third kappa shape index (κ3) is 2.25. The summed E-state index contributed by atoms with van der Waals surface area (Å²) >= 11 is 0. The molecule has 0 fully saturated rings. The Hall–Kier alpha value is -2.71. The van der Waals surface area contributed by atoms with Crippen LogP contribution in [0.5, 0.6) is 11.5 Å². The van der Waals surface area contributed by atoms with E-state index in [2.05, 4.69) is 30.0 Å². The predicted molar refractivity (Wildman–Crippen MR) is 61.7 cm³/mol. The van der Waals surface area contributed by atoms with Crippen LogP contribution in [0.15, 0.2) is 18.2 Å². The van der Waals surface area contributed by atoms with E-state index in [1.165, 1.54) is 18.2 Å². The molecule has 0 bridgehead atoms. The van der Waals surface area contributed by atoms with Gasteiger partial charge in [0.1, 0.15) is 5.82 Å². The Morgan fingerprint density at radius 1 is 1.35 bits per heavy atom. The van der Waals surface area contributed by atoms with E-state index in [9.17, 15) is 13.6 Å². The molecule has 1 aliphatic heterocycles. The topological polar surface area (TPSA) is 89.1 Å². The van der Waals surface area contributed by atoms with Gasteiger partial charge in [0.15, 0.2) is 11.5 Å². The maximum atomic E-state index is 12.8. The summed E-state index contributed by atoms with van der Waals surface area (Å²) in [5, 5.41) is 8.67. The van der Waals surface area contributed by atoms with Gasteiger partial charge in [-0.15, -0.1) is 13.9 Å². The van der Waals surface area contributed by atoms with Crippen LogP contribution in [0.2, 0.25) is 0 Å². The lowest BCUT2D eigenvalue weighted by Crippen LogP contribution is -2.25. The van der Waals surface area contributed by atoms with Gasteiger partial charge in [0, 0.05) is 11.8 Å². The van der Waals surface area contributed by atoms with Gasteiger partial charge in [-0.2, -0.15) is 0 Å². The quantitative estimate of drug-likeness (QED) is 0.874. The van der Waals surface area contributed by atoms with Crippen molar-refractivity contribution in [3.8, 4) is 11.5 Å². The lowest BCUT2D eigenvalue weighted by molar-refractivity contribution is -0.286. The third-order valence-corrected chi connectivity index (χ3v) is 2.46. The molecule has 1 aliphatic rings. The fraction of sp³-hybridized carbons (Fsp3) is 0.182. The van der Waals surface area contributed by atoms with E-state index in [1.54, 1.807) is 6.92 Å². The summed E-state index contributed by atoms with van der Waals surface area (Å²) in [6.45, 7) is 1.65. The molecule has 9 heteroatoms. The second-order valence-corrected chi connectivity index (χ2v) is 4.03. The van der Waals surface area contributed by atoms with Gasteiger partial charge in [-0.3, -0.25) is 9.89 Å². The van der Waals surface area contributed by atoms with Gasteiger partial charge in [-0.05, 0) is 19.1 Å². The van der Waals surface area contributed by atoms with E-state index in [1.807, 2.05) is 0 Å². The van der Waals surface area contributed by atoms with Gasteiger partial charge in [-0.25, -0.2) is 4.98 Å². The minimum atomic E-state index is -3.69. The average molecular weight is 282 g/mol. The molecular weight excluding hydrogens is 274 g/mol. The van der Waals surface area contributed by atoms with Crippen LogP contribution in [-0.2, 0) is 0 Å². The number of hydrogen-bond acceptors (Lipinski definition) is 5. The SMILES string of the molecule is Cc1nc(C(=O)Nc2ccc3c(c2)OC(F)(F)O3)n[nH]1. The summed E-state index contributed by atoms with van der Waals surface area (Å²) in [6, 6.07) is 3.91. The van der Waals surface area contributed by atoms with Crippen LogP contribution in [0, 0.1) is 6.92 Å². The number of aromatic amines is 1. The Balaban J connectivity index is 1.78. The summed E-state index contributed by atoms with van der Waals surface area (Å²) in [5.74, 6) is -0.383. The smallest absolute Gasteiger partial charge is 0.395 e. The second-order valence-electron chi connectivity index (χ2n) is 4.03. The molecule has 2 aromatic rings. The van der Waals surface area contributed by atoms with Crippen LogP contribution < -0.4 is 14.8 Å². The molecule has 1 amide bonds. The number of alkyl halides is 2. The first-order chi connectivity index (χ1) is 9.43. The lowest BCUT2D eigenvalue weighted by Gasteiger charge is -2.04. The number of rotatable bonds is 2. The summed E-state index contributed by atoms with van der Waals surface area (Å²) in [5.41, 5.74) is 0.262. The molecule has 20 heavy (non-hydrogen) atoms. The predicted octanol–water partition coefficient (Wildman–Crippen LogP) is 1.69. The molecule has 0 spiro atoms. The number of H-pyrrole nitrogens is 1. The Morgan fingerprint density at radius 2 is 2.10 bits per heavy atom. The Morgan fingerprint density at radius 3 is 2.80 bits per heavy atom. The van der Waals surface area contributed by atoms with E-state index in [4.69, 9.17) is 0 Å². The zero-order chi connectivity index (χ0) is 14.3. The number of halogens is 2. The van der Waals surface area contributed by atoms with E-state index in [0.29, 0.717) is 5.82 Å². The van der Waals surface area contributed by atoms with Crippen molar-refractivity contribution in [2.75, 3.05) is 5.32 Å². The standard InChI is InChI=1S/C11H8F2N4O3/c1-5-14-9(17-16-5)10(18)15-6-2-3-7-8(4-6)20-11(12,13)19-7/h2-4H,1H3,(H,15,18)(H,14,16,17). The maximum absolute atomic E-state index is 12.8. The lowest BCUT2D eigenvalue weighted by atomic mass is 10.3. The molecule has 2 N–H and O–H groups in total. The summed E-state index contributed by atoms with van der Waals surface area (Å²) in [6.07, 6.45) is -3.69. The monoisotopic (exact) mass is 282 g/mol. The number of carbonyl (C=O) groups is 1. The number of benzene rings is 1. The fourth-order valence-electron chi connectivity index (χ4n) is 1.66. The van der Waals surface area contributed by atoms with Crippen LogP contribution in [0.4, 0.5) is 14.5 Å². The van der Waals surface area contributed by atoms with Crippen LogP contribution in [0.25, 0.3) is 0 Å². The first kappa shape index (κ1) is 12.3. The zero-order valence-corrected chi connectivity index (χ0v) is 10.1. The number of carbonyl (C=O) groups excluding carboxylic acids is 1. The van der Waals surface area contributed by atoms with E-state index in [-0.39, 0.29) is 23.0 Å². The molecule has 0 radical (unpaired) electrons. The normalized spacial score (nSPS) is 15.2. The van der Waals surface area contributed by atoms with Crippen LogP contribution >= 0.6 is 0 Å². The molecule has 3 rings (SSSR count). The summed E-state index contributed by atoms with van der Waals surface area (Å²) in [4.78, 5) is 15.6. The molecule has 0 atom stereocenters. The molecule has 0 unspecified atom stereocenters. The van der Waals surface area contributed by atoms with Gasteiger partial charge in [0.25, 0.3) is 5.91 Å². The highest BCUT2D eigenvalue weighted by molar-refractivity contribution is 6.01. The van der Waals surface area contributed by atoms with Crippen molar-refractivity contribution in [2.45, 2.75) is 13.2 Å². The molecule has 1 aromatic carbocycles. The van der Waals surface area contributed by atoms with Crippen molar-refractivity contribution in [3.63, 3.8) is 0 Å². The van der Waals surface area contributed by atoms with E-state index >= 15 is 0 Å². The highest BCUT2D eigenvalue weighted by atomic mass is 19.3. The van der Waals surface area contributed by atoms with Gasteiger partial charge >= 0.3 is 6.29 Å². The van der Waals surface area contributed by atoms with Crippen molar-refractivity contribution in [1.82, 2.24) is 15.2 Å². The number of ether oxygens (including phenoxy) is 2. The number of hydrogen-bond donors (Lipinski definition) is 2. The Labute approximate surface area is 110 Å². The third-order valence-electron chi connectivity index (χ3n) is 2.46. The Kier molecular flexibility index (Phi) is 2.56. The first-order valence-electron chi connectivity index (χ1n) is 5.53. The summed E-state index contributed by atoms with van der Waals surface area (Å²) < 4.78 is 34.2. The molecule has 0 aliphatic carbocycles. The van der Waals surface area contributed by atoms with E-state index in [0.717, 1.165) is 0 Å². The number of fused-ring (bicyclic) bond motifs is 1. The number of nitrogens with zero attached hydrogens (tertiary/aromatic N) is 2. The van der Waals surface area contributed by atoms with Crippen molar-refractivity contribution in [2.24, 2.45) is 0 Å². The minimum Gasteiger partial charge on any atom is -0.395 e. The maximum Gasteiger partial charge on any atom is 0.586 e. The molecular formula is C11H8F2N4O3. The first-order valence-corrected chi connectivity index (χ1v) is 5.53. The molecule has 0 saturated carbocycles. The second kappa shape index (κ2) is 4.15. The molecule has 104 valence electrons. The van der Waals surface area contributed by atoms with Crippen molar-refractivity contribution < 1.29 is 23.0 Å².